The Bertz CT molecular complexity index is 723. The number of thiocarbonyl (C=S) groups is 1. The van der Waals surface area contributed by atoms with Crippen LogP contribution in [0.2, 0.25) is 0 Å². The predicted molar refractivity (Wildman–Crippen MR) is 109 cm³/mol. The molecule has 138 valence electrons. The lowest BCUT2D eigenvalue weighted by atomic mass is 10.1. The number of nitrogens with zero attached hydrogens (tertiary/aromatic N) is 2. The van der Waals surface area contributed by atoms with Crippen LogP contribution in [-0.2, 0) is 9.59 Å². The minimum Gasteiger partial charge on any atom is -0.480 e. The van der Waals surface area contributed by atoms with Gasteiger partial charge in [0, 0.05) is 18.8 Å². The van der Waals surface area contributed by atoms with Crippen molar-refractivity contribution in [2.24, 2.45) is 0 Å². The molecule has 2 heterocycles. The molecule has 0 bridgehead atoms. The third kappa shape index (κ3) is 4.65. The minimum atomic E-state index is -1.07. The van der Waals surface area contributed by atoms with Gasteiger partial charge in [-0.15, -0.1) is 0 Å². The van der Waals surface area contributed by atoms with Gasteiger partial charge in [0.05, 0.1) is 4.91 Å². The number of thioether (sulfide) groups is 1. The van der Waals surface area contributed by atoms with E-state index < -0.39 is 12.5 Å². The quantitative estimate of drug-likeness (QED) is 0.624. The van der Waals surface area contributed by atoms with E-state index in [0.717, 1.165) is 35.3 Å². The van der Waals surface area contributed by atoms with E-state index in [9.17, 15) is 9.59 Å². The molecular weight excluding hydrogens is 368 g/mol. The van der Waals surface area contributed by atoms with Crippen LogP contribution in [0.1, 0.15) is 37.7 Å². The average Bonchev–Trinajstić information content (AvgIpc) is 2.83. The maximum Gasteiger partial charge on any atom is 0.323 e. The van der Waals surface area contributed by atoms with Gasteiger partial charge in [-0.1, -0.05) is 55.4 Å². The predicted octanol–water partition coefficient (Wildman–Crippen LogP) is 3.74. The summed E-state index contributed by atoms with van der Waals surface area (Å²) in [6.07, 6.45) is 8.17. The van der Waals surface area contributed by atoms with Gasteiger partial charge in [-0.05, 0) is 36.6 Å². The summed E-state index contributed by atoms with van der Waals surface area (Å²) < 4.78 is 0.293. The SMILES string of the molecule is O=C(O)CN1C(=O)/C(=C/c2ccc(N3CCCCCCC3)cc2)SC1=S. The van der Waals surface area contributed by atoms with Gasteiger partial charge in [0.25, 0.3) is 5.91 Å². The Hall–Kier alpha value is -1.86. The third-order valence-electron chi connectivity index (χ3n) is 4.58. The lowest BCUT2D eigenvalue weighted by Gasteiger charge is -2.27. The smallest absolute Gasteiger partial charge is 0.323 e. The second-order valence-electron chi connectivity index (χ2n) is 6.51. The lowest BCUT2D eigenvalue weighted by Crippen LogP contribution is -2.33. The third-order valence-corrected chi connectivity index (χ3v) is 5.96. The molecule has 2 fully saturated rings. The molecule has 0 atom stereocenters. The highest BCUT2D eigenvalue weighted by atomic mass is 32.2. The van der Waals surface area contributed by atoms with Gasteiger partial charge in [-0.25, -0.2) is 0 Å². The van der Waals surface area contributed by atoms with Crippen molar-refractivity contribution in [2.75, 3.05) is 24.5 Å². The van der Waals surface area contributed by atoms with E-state index in [2.05, 4.69) is 17.0 Å². The van der Waals surface area contributed by atoms with Gasteiger partial charge < -0.3 is 10.0 Å². The summed E-state index contributed by atoms with van der Waals surface area (Å²) >= 11 is 6.27. The van der Waals surface area contributed by atoms with E-state index >= 15 is 0 Å². The van der Waals surface area contributed by atoms with Gasteiger partial charge in [0.2, 0.25) is 0 Å². The Labute approximate surface area is 163 Å². The van der Waals surface area contributed by atoms with Crippen molar-refractivity contribution in [2.45, 2.75) is 32.1 Å². The number of hydrogen-bond donors (Lipinski definition) is 1. The number of carbonyl (C=O) groups is 2. The van der Waals surface area contributed by atoms with Gasteiger partial charge in [0.15, 0.2) is 0 Å². The Kier molecular flexibility index (Phi) is 6.32. The standard InChI is InChI=1S/C19H22N2O3S2/c22-17(23)13-21-18(24)16(26-19(21)25)12-14-6-8-15(9-7-14)20-10-4-2-1-3-5-11-20/h6-9,12H,1-5,10-11,13H2,(H,22,23)/b16-12-. The largest absolute Gasteiger partial charge is 0.480 e. The molecule has 1 amide bonds. The Morgan fingerprint density at radius 3 is 2.35 bits per heavy atom. The molecular formula is C19H22N2O3S2. The molecule has 5 nitrogen and oxygen atoms in total. The highest BCUT2D eigenvalue weighted by Gasteiger charge is 2.33. The molecule has 1 aromatic rings. The van der Waals surface area contributed by atoms with Crippen LogP contribution in [0.15, 0.2) is 29.2 Å². The van der Waals surface area contributed by atoms with E-state index in [1.807, 2.05) is 12.1 Å². The highest BCUT2D eigenvalue weighted by Crippen LogP contribution is 2.32. The van der Waals surface area contributed by atoms with E-state index in [0.29, 0.717) is 9.23 Å². The molecule has 2 saturated heterocycles. The zero-order valence-corrected chi connectivity index (χ0v) is 16.2. The van der Waals surface area contributed by atoms with Gasteiger partial charge in [-0.2, -0.15) is 0 Å². The van der Waals surface area contributed by atoms with Crippen LogP contribution in [0.5, 0.6) is 0 Å². The second kappa shape index (κ2) is 8.68. The minimum absolute atomic E-state index is 0.293. The molecule has 7 heteroatoms. The summed E-state index contributed by atoms with van der Waals surface area (Å²) in [5.74, 6) is -1.41. The van der Waals surface area contributed by atoms with Crippen molar-refractivity contribution in [3.63, 3.8) is 0 Å². The molecule has 0 unspecified atom stereocenters. The van der Waals surface area contributed by atoms with Crippen LogP contribution in [0.25, 0.3) is 6.08 Å². The van der Waals surface area contributed by atoms with Gasteiger partial charge >= 0.3 is 5.97 Å². The number of carbonyl (C=O) groups excluding carboxylic acids is 1. The number of anilines is 1. The summed E-state index contributed by atoms with van der Waals surface area (Å²) in [4.78, 5) is 27.2. The molecule has 0 saturated carbocycles. The molecule has 3 rings (SSSR count). The maximum atomic E-state index is 12.3. The molecule has 2 aliphatic rings. The zero-order valence-electron chi connectivity index (χ0n) is 14.5. The van der Waals surface area contributed by atoms with Crippen LogP contribution >= 0.6 is 24.0 Å². The molecule has 1 aromatic carbocycles. The molecule has 26 heavy (non-hydrogen) atoms. The number of aliphatic carboxylic acids is 1. The maximum absolute atomic E-state index is 12.3. The Morgan fingerprint density at radius 1 is 1.12 bits per heavy atom. The topological polar surface area (TPSA) is 60.9 Å². The summed E-state index contributed by atoms with van der Waals surface area (Å²) in [5.41, 5.74) is 2.12. The number of carboxylic acids is 1. The normalized spacial score (nSPS) is 20.4. The molecule has 2 aliphatic heterocycles. The number of carboxylic acid groups (broad SMARTS) is 1. The summed E-state index contributed by atoms with van der Waals surface area (Å²) in [6, 6.07) is 8.17. The van der Waals surface area contributed by atoms with E-state index in [-0.39, 0.29) is 5.91 Å². The number of hydrogen-bond acceptors (Lipinski definition) is 5. The first kappa shape index (κ1) is 18.9. The van der Waals surface area contributed by atoms with Gasteiger partial charge in [-0.3, -0.25) is 14.5 Å². The lowest BCUT2D eigenvalue weighted by molar-refractivity contribution is -0.140. The van der Waals surface area contributed by atoms with Crippen LogP contribution in [0.3, 0.4) is 0 Å². The van der Waals surface area contributed by atoms with Crippen LogP contribution in [-0.4, -0.2) is 45.8 Å². The van der Waals surface area contributed by atoms with Crippen LogP contribution in [0, 0.1) is 0 Å². The number of rotatable bonds is 4. The monoisotopic (exact) mass is 390 g/mol. The average molecular weight is 391 g/mol. The number of amides is 1. The second-order valence-corrected chi connectivity index (χ2v) is 8.18. The molecule has 0 aliphatic carbocycles. The van der Waals surface area contributed by atoms with Crippen molar-refractivity contribution < 1.29 is 14.7 Å². The van der Waals surface area contributed by atoms with Crippen molar-refractivity contribution in [3.8, 4) is 0 Å². The van der Waals surface area contributed by atoms with Crippen molar-refractivity contribution in [1.29, 1.82) is 0 Å². The first-order valence-electron chi connectivity index (χ1n) is 8.87. The zero-order chi connectivity index (χ0) is 18.5. The van der Waals surface area contributed by atoms with Crippen LogP contribution in [0.4, 0.5) is 5.69 Å². The van der Waals surface area contributed by atoms with Crippen molar-refractivity contribution in [3.05, 3.63) is 34.7 Å². The van der Waals surface area contributed by atoms with E-state index in [4.69, 9.17) is 17.3 Å². The fraction of sp³-hybridized carbons (Fsp3) is 0.421. The van der Waals surface area contributed by atoms with E-state index in [1.54, 1.807) is 6.08 Å². The number of benzene rings is 1. The van der Waals surface area contributed by atoms with Gasteiger partial charge in [0.1, 0.15) is 10.9 Å². The molecule has 0 radical (unpaired) electrons. The Balaban J connectivity index is 1.70. The highest BCUT2D eigenvalue weighted by molar-refractivity contribution is 8.26. The van der Waals surface area contributed by atoms with Crippen molar-refractivity contribution >= 4 is 51.9 Å². The first-order chi connectivity index (χ1) is 12.5. The van der Waals surface area contributed by atoms with Crippen LogP contribution < -0.4 is 4.90 Å². The van der Waals surface area contributed by atoms with Crippen molar-refractivity contribution in [1.82, 2.24) is 4.90 Å². The molecule has 0 aromatic heterocycles. The molecule has 1 N–H and O–H groups in total. The first-order valence-corrected chi connectivity index (χ1v) is 10.1. The summed E-state index contributed by atoms with van der Waals surface area (Å²) in [5, 5.41) is 8.89. The van der Waals surface area contributed by atoms with E-state index in [1.165, 1.54) is 37.8 Å². The fourth-order valence-corrected chi connectivity index (χ4v) is 4.47. The fourth-order valence-electron chi connectivity index (χ4n) is 3.21. The molecule has 0 spiro atoms. The Morgan fingerprint density at radius 2 is 1.73 bits per heavy atom. The summed E-state index contributed by atoms with van der Waals surface area (Å²) in [6.45, 7) is 1.79. The summed E-state index contributed by atoms with van der Waals surface area (Å²) in [7, 11) is 0.